The summed E-state index contributed by atoms with van der Waals surface area (Å²) >= 11 is 0. The van der Waals surface area contributed by atoms with E-state index in [0.29, 0.717) is 18.4 Å². The van der Waals surface area contributed by atoms with Crippen LogP contribution in [0.2, 0.25) is 0 Å². The first kappa shape index (κ1) is 14.1. The molecular weight excluding hydrogens is 240 g/mol. The first-order valence-electron chi connectivity index (χ1n) is 7.30. The van der Waals surface area contributed by atoms with Crippen LogP contribution in [0.1, 0.15) is 44.2 Å². The molecule has 2 rings (SSSR count). The molecular formula is C15H24N2O2. The molecule has 1 heterocycles. The Kier molecular flexibility index (Phi) is 5.45. The van der Waals surface area contributed by atoms with Crippen molar-refractivity contribution in [2.75, 3.05) is 6.61 Å². The maximum atomic E-state index is 11.8. The number of nitrogens with one attached hydrogen (secondary N) is 2. The van der Waals surface area contributed by atoms with E-state index in [1.165, 1.54) is 0 Å². The Balaban J connectivity index is 1.63. The molecule has 0 bridgehead atoms. The van der Waals surface area contributed by atoms with E-state index in [4.69, 9.17) is 5.11 Å². The normalized spacial score (nSPS) is 23.2. The largest absolute Gasteiger partial charge is 0.396 e. The fourth-order valence-corrected chi connectivity index (χ4v) is 2.85. The third kappa shape index (κ3) is 4.71. The van der Waals surface area contributed by atoms with E-state index >= 15 is 0 Å². The molecule has 106 valence electrons. The topological polar surface area (TPSA) is 65.1 Å². The van der Waals surface area contributed by atoms with E-state index in [2.05, 4.69) is 10.3 Å². The second-order valence-corrected chi connectivity index (χ2v) is 5.49. The number of aliphatic hydroxyl groups excluding tert-OH is 1. The highest BCUT2D eigenvalue weighted by Crippen LogP contribution is 2.26. The van der Waals surface area contributed by atoms with Crippen molar-refractivity contribution in [1.82, 2.24) is 10.3 Å². The Labute approximate surface area is 114 Å². The van der Waals surface area contributed by atoms with E-state index in [-0.39, 0.29) is 12.5 Å². The second-order valence-electron chi connectivity index (χ2n) is 5.49. The molecule has 1 amide bonds. The minimum absolute atomic E-state index is 0.153. The van der Waals surface area contributed by atoms with Gasteiger partial charge in [-0.3, -0.25) is 4.79 Å². The van der Waals surface area contributed by atoms with Crippen molar-refractivity contribution in [3.8, 4) is 0 Å². The molecule has 1 aliphatic rings. The number of aryl methyl sites for hydroxylation is 1. The van der Waals surface area contributed by atoms with Crippen LogP contribution < -0.4 is 5.32 Å². The number of hydrogen-bond donors (Lipinski definition) is 3. The van der Waals surface area contributed by atoms with Crippen molar-refractivity contribution in [3.05, 3.63) is 24.0 Å². The number of aliphatic hydroxyl groups is 1. The Bertz CT molecular complexity index is 368. The van der Waals surface area contributed by atoms with Crippen molar-refractivity contribution >= 4 is 5.91 Å². The van der Waals surface area contributed by atoms with Gasteiger partial charge in [0.15, 0.2) is 0 Å². The molecule has 19 heavy (non-hydrogen) atoms. The van der Waals surface area contributed by atoms with E-state index in [1.54, 1.807) is 0 Å². The van der Waals surface area contributed by atoms with Gasteiger partial charge < -0.3 is 15.4 Å². The number of rotatable bonds is 6. The van der Waals surface area contributed by atoms with Gasteiger partial charge in [-0.05, 0) is 56.6 Å². The van der Waals surface area contributed by atoms with Crippen molar-refractivity contribution in [1.29, 1.82) is 0 Å². The summed E-state index contributed by atoms with van der Waals surface area (Å²) < 4.78 is 0. The van der Waals surface area contributed by atoms with Gasteiger partial charge in [0.05, 0.1) is 0 Å². The Hall–Kier alpha value is -1.29. The molecule has 0 unspecified atom stereocenters. The quantitative estimate of drug-likeness (QED) is 0.736. The number of H-pyrrole nitrogens is 1. The summed E-state index contributed by atoms with van der Waals surface area (Å²) in [5.41, 5.74) is 1.11. The van der Waals surface area contributed by atoms with Gasteiger partial charge in [0.2, 0.25) is 5.91 Å². The lowest BCUT2D eigenvalue weighted by molar-refractivity contribution is -0.122. The highest BCUT2D eigenvalue weighted by Gasteiger charge is 2.21. The van der Waals surface area contributed by atoms with Crippen LogP contribution >= 0.6 is 0 Å². The van der Waals surface area contributed by atoms with Crippen molar-refractivity contribution in [2.24, 2.45) is 5.92 Å². The van der Waals surface area contributed by atoms with Crippen LogP contribution in [0.5, 0.6) is 0 Å². The molecule has 1 aromatic rings. The molecule has 4 nitrogen and oxygen atoms in total. The predicted octanol–water partition coefficient (Wildman–Crippen LogP) is 2.00. The van der Waals surface area contributed by atoms with Gasteiger partial charge in [0, 0.05) is 31.0 Å². The van der Waals surface area contributed by atoms with Crippen LogP contribution in [0.3, 0.4) is 0 Å². The molecule has 0 saturated heterocycles. The maximum absolute atomic E-state index is 11.8. The zero-order chi connectivity index (χ0) is 13.5. The molecule has 4 heteroatoms. The SMILES string of the molecule is O=C(CCc1ccc[nH]1)NC1CCC(CCO)CC1. The van der Waals surface area contributed by atoms with Gasteiger partial charge in [-0.15, -0.1) is 0 Å². The molecule has 1 fully saturated rings. The third-order valence-corrected chi connectivity index (χ3v) is 4.03. The van der Waals surface area contributed by atoms with Gasteiger partial charge in [0.1, 0.15) is 0 Å². The van der Waals surface area contributed by atoms with E-state index < -0.39 is 0 Å². The number of amides is 1. The smallest absolute Gasteiger partial charge is 0.220 e. The molecule has 0 radical (unpaired) electrons. The predicted molar refractivity (Wildman–Crippen MR) is 74.7 cm³/mol. The molecule has 0 atom stereocenters. The summed E-state index contributed by atoms with van der Waals surface area (Å²) in [5, 5.41) is 12.0. The zero-order valence-electron chi connectivity index (χ0n) is 11.4. The Morgan fingerprint density at radius 1 is 1.37 bits per heavy atom. The standard InChI is InChI=1S/C15H24N2O2/c18-11-9-12-3-5-14(6-4-12)17-15(19)8-7-13-2-1-10-16-13/h1-2,10,12,14,16,18H,3-9,11H2,(H,17,19). The summed E-state index contributed by atoms with van der Waals surface area (Å²) in [6.07, 6.45) is 8.49. The van der Waals surface area contributed by atoms with Crippen LogP contribution in [0.25, 0.3) is 0 Å². The van der Waals surface area contributed by atoms with Gasteiger partial charge in [-0.1, -0.05) is 0 Å². The number of aromatic amines is 1. The first-order valence-corrected chi connectivity index (χ1v) is 7.30. The molecule has 0 aromatic carbocycles. The zero-order valence-corrected chi connectivity index (χ0v) is 11.4. The first-order chi connectivity index (χ1) is 9.28. The Morgan fingerprint density at radius 3 is 2.79 bits per heavy atom. The van der Waals surface area contributed by atoms with Crippen molar-refractivity contribution in [2.45, 2.75) is 51.0 Å². The van der Waals surface area contributed by atoms with Gasteiger partial charge in [-0.25, -0.2) is 0 Å². The number of carbonyl (C=O) groups excluding carboxylic acids is 1. The number of hydrogen-bond acceptors (Lipinski definition) is 2. The van der Waals surface area contributed by atoms with Gasteiger partial charge in [0.25, 0.3) is 0 Å². The highest BCUT2D eigenvalue weighted by atomic mass is 16.3. The molecule has 3 N–H and O–H groups in total. The number of carbonyl (C=O) groups is 1. The van der Waals surface area contributed by atoms with Crippen LogP contribution in [-0.4, -0.2) is 28.6 Å². The van der Waals surface area contributed by atoms with Gasteiger partial charge in [-0.2, -0.15) is 0 Å². The third-order valence-electron chi connectivity index (χ3n) is 4.03. The van der Waals surface area contributed by atoms with Crippen LogP contribution in [0, 0.1) is 5.92 Å². The van der Waals surface area contributed by atoms with Gasteiger partial charge >= 0.3 is 0 Å². The summed E-state index contributed by atoms with van der Waals surface area (Å²) in [4.78, 5) is 15.0. The lowest BCUT2D eigenvalue weighted by Gasteiger charge is -2.28. The fourth-order valence-electron chi connectivity index (χ4n) is 2.85. The average Bonchev–Trinajstić information content (AvgIpc) is 2.92. The minimum Gasteiger partial charge on any atom is -0.396 e. The van der Waals surface area contributed by atoms with E-state index in [1.807, 2.05) is 18.3 Å². The maximum Gasteiger partial charge on any atom is 0.220 e. The lowest BCUT2D eigenvalue weighted by atomic mass is 9.84. The summed E-state index contributed by atoms with van der Waals surface area (Å²) in [7, 11) is 0. The molecule has 1 aromatic heterocycles. The fraction of sp³-hybridized carbons (Fsp3) is 0.667. The minimum atomic E-state index is 0.153. The molecule has 1 saturated carbocycles. The summed E-state index contributed by atoms with van der Waals surface area (Å²) in [5.74, 6) is 0.803. The number of aromatic nitrogens is 1. The van der Waals surface area contributed by atoms with Crippen LogP contribution in [0.15, 0.2) is 18.3 Å². The lowest BCUT2D eigenvalue weighted by Crippen LogP contribution is -2.37. The molecule has 0 aliphatic heterocycles. The second kappa shape index (κ2) is 7.34. The van der Waals surface area contributed by atoms with Crippen molar-refractivity contribution < 1.29 is 9.90 Å². The highest BCUT2D eigenvalue weighted by molar-refractivity contribution is 5.76. The average molecular weight is 264 g/mol. The summed E-state index contributed by atoms with van der Waals surface area (Å²) in [6.45, 7) is 0.290. The van der Waals surface area contributed by atoms with Crippen LogP contribution in [-0.2, 0) is 11.2 Å². The van der Waals surface area contributed by atoms with Crippen LogP contribution in [0.4, 0.5) is 0 Å². The van der Waals surface area contributed by atoms with E-state index in [9.17, 15) is 4.79 Å². The molecule has 1 aliphatic carbocycles. The Morgan fingerprint density at radius 2 is 2.16 bits per heavy atom. The summed E-state index contributed by atoms with van der Waals surface area (Å²) in [6, 6.07) is 4.30. The van der Waals surface area contributed by atoms with E-state index in [0.717, 1.165) is 44.2 Å². The van der Waals surface area contributed by atoms with Crippen molar-refractivity contribution in [3.63, 3.8) is 0 Å². The monoisotopic (exact) mass is 264 g/mol. The molecule has 0 spiro atoms.